The second-order valence-electron chi connectivity index (χ2n) is 4.98. The van der Waals surface area contributed by atoms with Crippen LogP contribution in [0.2, 0.25) is 0 Å². The van der Waals surface area contributed by atoms with Gasteiger partial charge in [-0.3, -0.25) is 4.99 Å². The van der Waals surface area contributed by atoms with E-state index in [4.69, 9.17) is 0 Å². The molecule has 23 heavy (non-hydrogen) atoms. The number of guanidine groups is 1. The van der Waals surface area contributed by atoms with E-state index in [2.05, 4.69) is 32.3 Å². The van der Waals surface area contributed by atoms with Gasteiger partial charge in [0.25, 0.3) is 0 Å². The number of nitrogens with one attached hydrogen (secondary N) is 3. The van der Waals surface area contributed by atoms with Gasteiger partial charge in [0.15, 0.2) is 5.96 Å². The van der Waals surface area contributed by atoms with Gasteiger partial charge in [-0.15, -0.1) is 11.3 Å². The second-order valence-corrected chi connectivity index (χ2v) is 8.37. The zero-order valence-electron chi connectivity index (χ0n) is 14.3. The minimum Gasteiger partial charge on any atom is -0.357 e. The molecule has 0 saturated heterocycles. The fourth-order valence-corrected chi connectivity index (χ4v) is 3.29. The summed E-state index contributed by atoms with van der Waals surface area (Å²) in [4.78, 5) is 10.1. The summed E-state index contributed by atoms with van der Waals surface area (Å²) >= 11 is 1.72. The van der Waals surface area contributed by atoms with Crippen LogP contribution in [0.4, 0.5) is 0 Å². The van der Waals surface area contributed by atoms with E-state index in [-0.39, 0.29) is 5.75 Å². The first kappa shape index (κ1) is 19.9. The number of rotatable bonds is 9. The molecule has 3 N–H and O–H groups in total. The first-order valence-electron chi connectivity index (χ1n) is 7.80. The first-order chi connectivity index (χ1) is 10.9. The van der Waals surface area contributed by atoms with Crippen LogP contribution in [0.3, 0.4) is 0 Å². The molecule has 132 valence electrons. The highest BCUT2D eigenvalue weighted by molar-refractivity contribution is 7.89. The average Bonchev–Trinajstić information content (AvgIpc) is 2.82. The van der Waals surface area contributed by atoms with Crippen LogP contribution in [0, 0.1) is 13.8 Å². The third kappa shape index (κ3) is 7.76. The van der Waals surface area contributed by atoms with E-state index in [9.17, 15) is 8.42 Å². The Morgan fingerprint density at radius 3 is 2.52 bits per heavy atom. The van der Waals surface area contributed by atoms with Gasteiger partial charge >= 0.3 is 0 Å². The molecule has 0 saturated carbocycles. The molecule has 0 aliphatic carbocycles. The van der Waals surface area contributed by atoms with E-state index in [1.54, 1.807) is 18.3 Å². The molecule has 1 aromatic rings. The van der Waals surface area contributed by atoms with Crippen LogP contribution in [-0.2, 0) is 16.4 Å². The van der Waals surface area contributed by atoms with Gasteiger partial charge in [-0.2, -0.15) is 0 Å². The van der Waals surface area contributed by atoms with Crippen molar-refractivity contribution in [3.05, 3.63) is 15.6 Å². The third-order valence-corrected chi connectivity index (χ3v) is 5.67. The zero-order valence-corrected chi connectivity index (χ0v) is 15.9. The summed E-state index contributed by atoms with van der Waals surface area (Å²) in [6, 6.07) is 0. The second kappa shape index (κ2) is 9.84. The summed E-state index contributed by atoms with van der Waals surface area (Å²) in [7, 11) is -3.15. The van der Waals surface area contributed by atoms with Crippen molar-refractivity contribution in [3.8, 4) is 0 Å². The maximum Gasteiger partial charge on any atom is 0.211 e. The molecule has 7 nitrogen and oxygen atoms in total. The van der Waals surface area contributed by atoms with Crippen molar-refractivity contribution in [2.24, 2.45) is 4.99 Å². The van der Waals surface area contributed by atoms with Gasteiger partial charge in [0.05, 0.1) is 23.0 Å². The van der Waals surface area contributed by atoms with E-state index < -0.39 is 10.0 Å². The molecule has 0 radical (unpaired) electrons. The van der Waals surface area contributed by atoms with Crippen LogP contribution in [0.15, 0.2) is 4.99 Å². The molecule has 0 amide bonds. The maximum atomic E-state index is 11.3. The standard InChI is InChI=1S/C14H27N5O2S2/c1-5-15-14(17-9-10-18-23(20,21)6-2)16-8-7-13-19-11(3)12(4)22-13/h18H,5-10H2,1-4H3,(H2,15,16,17). The molecule has 0 unspecified atom stereocenters. The van der Waals surface area contributed by atoms with E-state index in [0.29, 0.717) is 19.0 Å². The molecule has 0 aliphatic rings. The van der Waals surface area contributed by atoms with Crippen molar-refractivity contribution in [1.82, 2.24) is 20.3 Å². The quantitative estimate of drug-likeness (QED) is 0.343. The Balaban J connectivity index is 2.40. The summed E-state index contributed by atoms with van der Waals surface area (Å²) in [6.07, 6.45) is 0.840. The Kier molecular flexibility index (Phi) is 8.49. The molecule has 0 aliphatic heterocycles. The molecule has 0 spiro atoms. The Hall–Kier alpha value is -1.19. The Bertz CT molecular complexity index is 591. The first-order valence-corrected chi connectivity index (χ1v) is 10.3. The van der Waals surface area contributed by atoms with Crippen molar-refractivity contribution in [2.75, 3.05) is 31.9 Å². The van der Waals surface area contributed by atoms with Crippen LogP contribution in [0.1, 0.15) is 29.4 Å². The highest BCUT2D eigenvalue weighted by atomic mass is 32.2. The van der Waals surface area contributed by atoms with Gasteiger partial charge < -0.3 is 10.6 Å². The molecule has 0 fully saturated rings. The number of aliphatic imine (C=N–C) groups is 1. The summed E-state index contributed by atoms with van der Waals surface area (Å²) in [5.74, 6) is 0.773. The lowest BCUT2D eigenvalue weighted by atomic mass is 10.4. The van der Waals surface area contributed by atoms with Crippen LogP contribution < -0.4 is 15.4 Å². The number of hydrogen-bond donors (Lipinski definition) is 3. The summed E-state index contributed by atoms with van der Waals surface area (Å²) < 4.78 is 25.2. The van der Waals surface area contributed by atoms with E-state index >= 15 is 0 Å². The number of thiazole rings is 1. The molecule has 1 heterocycles. The SMILES string of the molecule is CCNC(=NCCNS(=O)(=O)CC)NCCc1nc(C)c(C)s1. The number of nitrogens with zero attached hydrogens (tertiary/aromatic N) is 2. The van der Waals surface area contributed by atoms with Crippen molar-refractivity contribution < 1.29 is 8.42 Å². The van der Waals surface area contributed by atoms with Crippen LogP contribution in [0.25, 0.3) is 0 Å². The average molecular weight is 362 g/mol. The van der Waals surface area contributed by atoms with E-state index in [1.807, 2.05) is 13.8 Å². The molecule has 1 rings (SSSR count). The largest absolute Gasteiger partial charge is 0.357 e. The number of sulfonamides is 1. The van der Waals surface area contributed by atoms with Gasteiger partial charge in [-0.1, -0.05) is 0 Å². The van der Waals surface area contributed by atoms with Crippen molar-refractivity contribution in [3.63, 3.8) is 0 Å². The molecule has 0 bridgehead atoms. The lowest BCUT2D eigenvalue weighted by Gasteiger charge is -2.10. The summed E-state index contributed by atoms with van der Waals surface area (Å²) in [5.41, 5.74) is 1.09. The molecular formula is C14H27N5O2S2. The highest BCUT2D eigenvalue weighted by Gasteiger charge is 2.05. The summed E-state index contributed by atoms with van der Waals surface area (Å²) in [6.45, 7) is 9.88. The Labute approximate surface area is 143 Å². The zero-order chi connectivity index (χ0) is 17.3. The Morgan fingerprint density at radius 2 is 1.96 bits per heavy atom. The number of hydrogen-bond acceptors (Lipinski definition) is 5. The van der Waals surface area contributed by atoms with Crippen molar-refractivity contribution in [2.45, 2.75) is 34.1 Å². The smallest absolute Gasteiger partial charge is 0.211 e. The van der Waals surface area contributed by atoms with Crippen molar-refractivity contribution in [1.29, 1.82) is 0 Å². The third-order valence-electron chi connectivity index (χ3n) is 3.13. The van der Waals surface area contributed by atoms with Gasteiger partial charge in [0, 0.05) is 30.9 Å². The fraction of sp³-hybridized carbons (Fsp3) is 0.714. The number of aryl methyl sites for hydroxylation is 2. The Morgan fingerprint density at radius 1 is 1.22 bits per heavy atom. The van der Waals surface area contributed by atoms with Gasteiger partial charge in [-0.05, 0) is 27.7 Å². The van der Waals surface area contributed by atoms with E-state index in [0.717, 1.165) is 30.2 Å². The minimum atomic E-state index is -3.15. The molecule has 9 heteroatoms. The predicted molar refractivity (Wildman–Crippen MR) is 96.7 cm³/mol. The topological polar surface area (TPSA) is 95.5 Å². The van der Waals surface area contributed by atoms with Crippen LogP contribution >= 0.6 is 11.3 Å². The summed E-state index contributed by atoms with van der Waals surface area (Å²) in [5, 5.41) is 7.49. The van der Waals surface area contributed by atoms with Gasteiger partial charge in [0.2, 0.25) is 10.0 Å². The predicted octanol–water partition coefficient (Wildman–Crippen LogP) is 0.797. The van der Waals surface area contributed by atoms with Crippen LogP contribution in [0.5, 0.6) is 0 Å². The lowest BCUT2D eigenvalue weighted by Crippen LogP contribution is -2.39. The van der Waals surface area contributed by atoms with Gasteiger partial charge in [-0.25, -0.2) is 18.1 Å². The maximum absolute atomic E-state index is 11.3. The fourth-order valence-electron chi connectivity index (χ4n) is 1.75. The normalized spacial score (nSPS) is 12.4. The monoisotopic (exact) mass is 361 g/mol. The molecule has 0 atom stereocenters. The molecule has 0 aromatic carbocycles. The molecular weight excluding hydrogens is 334 g/mol. The molecule has 1 aromatic heterocycles. The van der Waals surface area contributed by atoms with Gasteiger partial charge in [0.1, 0.15) is 0 Å². The van der Waals surface area contributed by atoms with E-state index in [1.165, 1.54) is 4.88 Å². The van der Waals surface area contributed by atoms with Crippen molar-refractivity contribution >= 4 is 27.3 Å². The van der Waals surface area contributed by atoms with Crippen LogP contribution in [-0.4, -0.2) is 51.3 Å². The minimum absolute atomic E-state index is 0.0850. The lowest BCUT2D eigenvalue weighted by molar-refractivity contribution is 0.583. The number of aromatic nitrogens is 1. The highest BCUT2D eigenvalue weighted by Crippen LogP contribution is 2.16.